The first kappa shape index (κ1) is 16.5. The SMILES string of the molecule is O=C(C1CC2CCN1CC2)N1CCCN(c2nc3ccccc3s2)CC1. The van der Waals surface area contributed by atoms with Crippen molar-refractivity contribution in [1.29, 1.82) is 0 Å². The summed E-state index contributed by atoms with van der Waals surface area (Å²) in [4.78, 5) is 24.9. The summed E-state index contributed by atoms with van der Waals surface area (Å²) in [5, 5.41) is 1.10. The molecule has 1 aromatic heterocycles. The van der Waals surface area contributed by atoms with E-state index in [0.717, 1.165) is 68.7 Å². The second-order valence-electron chi connectivity index (χ2n) is 7.86. The van der Waals surface area contributed by atoms with E-state index in [9.17, 15) is 4.79 Å². The Bertz CT molecular complexity index is 765. The van der Waals surface area contributed by atoms with Crippen molar-refractivity contribution in [2.45, 2.75) is 31.7 Å². The zero-order valence-corrected chi connectivity index (χ0v) is 16.0. The van der Waals surface area contributed by atoms with E-state index in [4.69, 9.17) is 4.98 Å². The summed E-state index contributed by atoms with van der Waals surface area (Å²) >= 11 is 1.76. The Morgan fingerprint density at radius 3 is 2.65 bits per heavy atom. The van der Waals surface area contributed by atoms with E-state index in [0.29, 0.717) is 5.91 Å². The molecule has 2 bridgehead atoms. The Kier molecular flexibility index (Phi) is 4.33. The van der Waals surface area contributed by atoms with Gasteiger partial charge in [0.2, 0.25) is 5.91 Å². The number of anilines is 1. The molecule has 0 radical (unpaired) electrons. The van der Waals surface area contributed by atoms with E-state index in [1.165, 1.54) is 17.5 Å². The molecule has 6 rings (SSSR count). The standard InChI is InChI=1S/C20H26N4OS/c25-19(17-14-15-6-10-22(17)11-7-15)23-8-3-9-24(13-12-23)20-21-16-4-1-2-5-18(16)26-20/h1-2,4-5,15,17H,3,6-14H2. The number of hydrogen-bond acceptors (Lipinski definition) is 5. The number of benzene rings is 1. The van der Waals surface area contributed by atoms with Crippen LogP contribution in [0.1, 0.15) is 25.7 Å². The molecule has 138 valence electrons. The molecule has 4 fully saturated rings. The largest absolute Gasteiger partial charge is 0.346 e. The number of nitrogens with zero attached hydrogens (tertiary/aromatic N) is 4. The summed E-state index contributed by atoms with van der Waals surface area (Å²) in [6.07, 6.45) is 4.68. The van der Waals surface area contributed by atoms with Crippen LogP contribution < -0.4 is 4.90 Å². The summed E-state index contributed by atoms with van der Waals surface area (Å²) in [6.45, 7) is 5.82. The van der Waals surface area contributed by atoms with E-state index in [1.807, 2.05) is 6.07 Å². The van der Waals surface area contributed by atoms with Crippen molar-refractivity contribution in [2.24, 2.45) is 5.92 Å². The number of rotatable bonds is 2. The minimum atomic E-state index is 0.150. The van der Waals surface area contributed by atoms with Gasteiger partial charge in [0, 0.05) is 26.2 Å². The summed E-state index contributed by atoms with van der Waals surface area (Å²) < 4.78 is 1.24. The molecule has 1 amide bonds. The molecule has 26 heavy (non-hydrogen) atoms. The molecule has 5 heterocycles. The van der Waals surface area contributed by atoms with Gasteiger partial charge in [0.15, 0.2) is 5.13 Å². The van der Waals surface area contributed by atoms with Crippen LogP contribution in [0.25, 0.3) is 10.2 Å². The van der Waals surface area contributed by atoms with Crippen LogP contribution in [0.4, 0.5) is 5.13 Å². The maximum Gasteiger partial charge on any atom is 0.239 e. The van der Waals surface area contributed by atoms with Gasteiger partial charge in [-0.2, -0.15) is 0 Å². The molecule has 1 atom stereocenters. The number of fused-ring (bicyclic) bond motifs is 4. The fourth-order valence-electron chi connectivity index (χ4n) is 4.76. The highest BCUT2D eigenvalue weighted by Gasteiger charge is 2.39. The van der Waals surface area contributed by atoms with Crippen LogP contribution in [0.15, 0.2) is 24.3 Å². The Labute approximate surface area is 158 Å². The monoisotopic (exact) mass is 370 g/mol. The van der Waals surface area contributed by atoms with Crippen LogP contribution in [-0.4, -0.2) is 66.0 Å². The van der Waals surface area contributed by atoms with Crippen LogP contribution in [0.2, 0.25) is 0 Å². The number of carbonyl (C=O) groups excluding carboxylic acids is 1. The van der Waals surface area contributed by atoms with Gasteiger partial charge in [-0.3, -0.25) is 9.69 Å². The van der Waals surface area contributed by atoms with Gasteiger partial charge in [0.05, 0.1) is 16.3 Å². The third-order valence-corrected chi connectivity index (χ3v) is 7.39. The van der Waals surface area contributed by atoms with Gasteiger partial charge in [-0.05, 0) is 56.8 Å². The smallest absolute Gasteiger partial charge is 0.239 e. The lowest BCUT2D eigenvalue weighted by Crippen LogP contribution is -2.56. The molecule has 4 aliphatic rings. The predicted octanol–water partition coefficient (Wildman–Crippen LogP) is 2.82. The van der Waals surface area contributed by atoms with Gasteiger partial charge >= 0.3 is 0 Å². The molecule has 5 nitrogen and oxygen atoms in total. The topological polar surface area (TPSA) is 39.7 Å². The fourth-order valence-corrected chi connectivity index (χ4v) is 5.77. The zero-order chi connectivity index (χ0) is 17.5. The quantitative estimate of drug-likeness (QED) is 0.815. The van der Waals surface area contributed by atoms with Gasteiger partial charge in [-0.1, -0.05) is 23.5 Å². The minimum Gasteiger partial charge on any atom is -0.346 e. The average Bonchev–Trinajstić information content (AvgIpc) is 2.98. The molecule has 2 aromatic rings. The van der Waals surface area contributed by atoms with E-state index >= 15 is 0 Å². The lowest BCUT2D eigenvalue weighted by atomic mass is 9.83. The third-order valence-electron chi connectivity index (χ3n) is 6.29. The lowest BCUT2D eigenvalue weighted by Gasteiger charge is -2.45. The number of amides is 1. The molecule has 0 N–H and O–H groups in total. The van der Waals surface area contributed by atoms with Crippen molar-refractivity contribution in [2.75, 3.05) is 44.2 Å². The van der Waals surface area contributed by atoms with Crippen LogP contribution in [0, 0.1) is 5.92 Å². The molecule has 1 unspecified atom stereocenters. The van der Waals surface area contributed by atoms with Crippen LogP contribution >= 0.6 is 11.3 Å². The first-order valence-electron chi connectivity index (χ1n) is 9.91. The molecular formula is C20H26N4OS. The van der Waals surface area contributed by atoms with Crippen molar-refractivity contribution < 1.29 is 4.79 Å². The maximum atomic E-state index is 13.1. The Morgan fingerprint density at radius 1 is 1.04 bits per heavy atom. The van der Waals surface area contributed by atoms with Gasteiger partial charge in [0.25, 0.3) is 0 Å². The third kappa shape index (κ3) is 2.99. The summed E-state index contributed by atoms with van der Waals surface area (Å²) in [5.41, 5.74) is 1.08. The summed E-state index contributed by atoms with van der Waals surface area (Å²) in [7, 11) is 0. The summed E-state index contributed by atoms with van der Waals surface area (Å²) in [6, 6.07) is 8.48. The number of hydrogen-bond donors (Lipinski definition) is 0. The van der Waals surface area contributed by atoms with Gasteiger partial charge in [-0.15, -0.1) is 0 Å². The number of thiazole rings is 1. The molecule has 0 saturated carbocycles. The highest BCUT2D eigenvalue weighted by molar-refractivity contribution is 7.22. The molecule has 1 aromatic carbocycles. The first-order chi connectivity index (χ1) is 12.8. The molecular weight excluding hydrogens is 344 g/mol. The average molecular weight is 371 g/mol. The number of piperidine rings is 3. The normalized spacial score (nSPS) is 29.2. The van der Waals surface area contributed by atoms with Gasteiger partial charge < -0.3 is 9.80 Å². The Balaban J connectivity index is 1.27. The van der Waals surface area contributed by atoms with E-state index in [-0.39, 0.29) is 6.04 Å². The van der Waals surface area contributed by atoms with E-state index in [2.05, 4.69) is 32.9 Å². The van der Waals surface area contributed by atoms with Crippen molar-refractivity contribution in [3.05, 3.63) is 24.3 Å². The zero-order valence-electron chi connectivity index (χ0n) is 15.1. The Morgan fingerprint density at radius 2 is 1.88 bits per heavy atom. The number of carbonyl (C=O) groups is 1. The molecule has 0 spiro atoms. The molecule has 6 heteroatoms. The first-order valence-corrected chi connectivity index (χ1v) is 10.7. The highest BCUT2D eigenvalue weighted by Crippen LogP contribution is 2.33. The van der Waals surface area contributed by atoms with E-state index in [1.54, 1.807) is 11.3 Å². The van der Waals surface area contributed by atoms with Crippen molar-refractivity contribution in [3.8, 4) is 0 Å². The summed E-state index contributed by atoms with van der Waals surface area (Å²) in [5.74, 6) is 1.15. The molecule has 4 aliphatic heterocycles. The van der Waals surface area contributed by atoms with Crippen LogP contribution in [0.3, 0.4) is 0 Å². The molecule has 4 saturated heterocycles. The van der Waals surface area contributed by atoms with Crippen molar-refractivity contribution in [3.63, 3.8) is 0 Å². The number of aromatic nitrogens is 1. The fraction of sp³-hybridized carbons (Fsp3) is 0.600. The van der Waals surface area contributed by atoms with Crippen molar-refractivity contribution >= 4 is 32.6 Å². The lowest BCUT2D eigenvalue weighted by molar-refractivity contribution is -0.141. The van der Waals surface area contributed by atoms with E-state index < -0.39 is 0 Å². The maximum absolute atomic E-state index is 13.1. The van der Waals surface area contributed by atoms with Gasteiger partial charge in [0.1, 0.15) is 0 Å². The number of para-hydroxylation sites is 1. The highest BCUT2D eigenvalue weighted by atomic mass is 32.1. The Hall–Kier alpha value is -1.66. The van der Waals surface area contributed by atoms with Gasteiger partial charge in [-0.25, -0.2) is 4.98 Å². The van der Waals surface area contributed by atoms with Crippen LogP contribution in [-0.2, 0) is 4.79 Å². The minimum absolute atomic E-state index is 0.150. The predicted molar refractivity (Wildman–Crippen MR) is 106 cm³/mol. The van der Waals surface area contributed by atoms with Crippen molar-refractivity contribution in [1.82, 2.24) is 14.8 Å². The second-order valence-corrected chi connectivity index (χ2v) is 8.87. The molecule has 0 aliphatic carbocycles. The second kappa shape index (κ2) is 6.82. The van der Waals surface area contributed by atoms with Crippen LogP contribution in [0.5, 0.6) is 0 Å².